The van der Waals surface area contributed by atoms with Crippen LogP contribution in [0.2, 0.25) is 0 Å². The van der Waals surface area contributed by atoms with Crippen LogP contribution in [-0.2, 0) is 6.54 Å². The van der Waals surface area contributed by atoms with Crippen molar-refractivity contribution in [1.82, 2.24) is 40.6 Å². The lowest BCUT2D eigenvalue weighted by atomic mass is 10.1. The highest BCUT2D eigenvalue weighted by Gasteiger charge is 2.12. The van der Waals surface area contributed by atoms with E-state index in [0.29, 0.717) is 23.9 Å². The van der Waals surface area contributed by atoms with E-state index < -0.39 is 0 Å². The van der Waals surface area contributed by atoms with Gasteiger partial charge in [0, 0.05) is 35.8 Å². The molecule has 2 N–H and O–H groups in total. The SMILES string of the molecule is Cc1ccc(-n2cnnn2)cc1NC(=O)NCc1cccc(-c2nc(-c3ccncc3)no2)c1. The van der Waals surface area contributed by atoms with Gasteiger partial charge < -0.3 is 15.2 Å². The number of anilines is 1. The summed E-state index contributed by atoms with van der Waals surface area (Å²) in [6.45, 7) is 2.23. The molecule has 11 heteroatoms. The van der Waals surface area contributed by atoms with E-state index >= 15 is 0 Å². The van der Waals surface area contributed by atoms with Gasteiger partial charge in [0.1, 0.15) is 6.33 Å². The van der Waals surface area contributed by atoms with E-state index in [-0.39, 0.29) is 6.03 Å². The fraction of sp³-hybridized carbons (Fsp3) is 0.0870. The van der Waals surface area contributed by atoms with Crippen LogP contribution >= 0.6 is 0 Å². The highest BCUT2D eigenvalue weighted by atomic mass is 16.5. The molecule has 2 amide bonds. The first-order valence-corrected chi connectivity index (χ1v) is 10.4. The Bertz CT molecular complexity index is 1420. The third kappa shape index (κ3) is 4.63. The van der Waals surface area contributed by atoms with Gasteiger partial charge in [0.05, 0.1) is 5.69 Å². The predicted molar refractivity (Wildman–Crippen MR) is 123 cm³/mol. The van der Waals surface area contributed by atoms with E-state index in [4.69, 9.17) is 4.52 Å². The lowest BCUT2D eigenvalue weighted by molar-refractivity contribution is 0.251. The van der Waals surface area contributed by atoms with Crippen molar-refractivity contribution in [2.45, 2.75) is 13.5 Å². The molecule has 0 aliphatic carbocycles. The summed E-state index contributed by atoms with van der Waals surface area (Å²) in [4.78, 5) is 21.0. The maximum atomic E-state index is 12.5. The van der Waals surface area contributed by atoms with Gasteiger partial charge in [-0.2, -0.15) is 4.98 Å². The molecule has 0 radical (unpaired) electrons. The molecule has 0 fully saturated rings. The van der Waals surface area contributed by atoms with Gasteiger partial charge in [-0.05, 0) is 64.9 Å². The second-order valence-corrected chi connectivity index (χ2v) is 7.42. The molecule has 168 valence electrons. The van der Waals surface area contributed by atoms with Crippen LogP contribution in [0.1, 0.15) is 11.1 Å². The van der Waals surface area contributed by atoms with Crippen molar-refractivity contribution in [2.75, 3.05) is 5.32 Å². The Kier molecular flexibility index (Phi) is 5.72. The number of benzene rings is 2. The number of aromatic nitrogens is 7. The first-order chi connectivity index (χ1) is 16.7. The minimum atomic E-state index is -0.333. The number of carbonyl (C=O) groups excluding carboxylic acids is 1. The van der Waals surface area contributed by atoms with E-state index in [1.54, 1.807) is 12.4 Å². The molecule has 0 spiro atoms. The van der Waals surface area contributed by atoms with Crippen LogP contribution in [0.4, 0.5) is 10.5 Å². The van der Waals surface area contributed by atoms with Gasteiger partial charge in [0.15, 0.2) is 0 Å². The molecule has 0 aliphatic heterocycles. The van der Waals surface area contributed by atoms with Crippen LogP contribution in [-0.4, -0.2) is 41.4 Å². The van der Waals surface area contributed by atoms with Gasteiger partial charge in [-0.3, -0.25) is 4.98 Å². The minimum Gasteiger partial charge on any atom is -0.334 e. The molecule has 3 aromatic heterocycles. The van der Waals surface area contributed by atoms with Gasteiger partial charge >= 0.3 is 6.03 Å². The molecule has 11 nitrogen and oxygen atoms in total. The van der Waals surface area contributed by atoms with E-state index in [1.165, 1.54) is 11.0 Å². The molecular formula is C23H19N9O2. The lowest BCUT2D eigenvalue weighted by Crippen LogP contribution is -2.28. The highest BCUT2D eigenvalue weighted by molar-refractivity contribution is 5.90. The van der Waals surface area contributed by atoms with Crippen molar-refractivity contribution < 1.29 is 9.32 Å². The number of carbonyl (C=O) groups is 1. The van der Waals surface area contributed by atoms with Gasteiger partial charge in [-0.25, -0.2) is 9.48 Å². The third-order valence-electron chi connectivity index (χ3n) is 5.07. The van der Waals surface area contributed by atoms with Crippen LogP contribution in [0.3, 0.4) is 0 Å². The Morgan fingerprint density at radius 2 is 1.94 bits per heavy atom. The van der Waals surface area contributed by atoms with Crippen LogP contribution < -0.4 is 10.6 Å². The molecule has 5 aromatic rings. The minimum absolute atomic E-state index is 0.316. The average Bonchev–Trinajstić information content (AvgIpc) is 3.58. The predicted octanol–water partition coefficient (Wildman–Crippen LogP) is 3.40. The molecule has 0 saturated heterocycles. The van der Waals surface area contributed by atoms with Crippen molar-refractivity contribution in [3.63, 3.8) is 0 Å². The maximum absolute atomic E-state index is 12.5. The molecule has 5 rings (SSSR count). The topological polar surface area (TPSA) is 137 Å². The Balaban J connectivity index is 1.24. The first kappa shape index (κ1) is 20.9. The van der Waals surface area contributed by atoms with E-state index in [1.807, 2.05) is 61.5 Å². The Hall–Kier alpha value is -4.93. The number of aryl methyl sites for hydroxylation is 1. The maximum Gasteiger partial charge on any atom is 0.319 e. The molecule has 0 aliphatic rings. The smallest absolute Gasteiger partial charge is 0.319 e. The summed E-state index contributed by atoms with van der Waals surface area (Å²) in [5.41, 5.74) is 4.78. The molecule has 0 saturated carbocycles. The lowest BCUT2D eigenvalue weighted by Gasteiger charge is -2.11. The van der Waals surface area contributed by atoms with Crippen LogP contribution in [0.15, 0.2) is 77.8 Å². The number of nitrogens with one attached hydrogen (secondary N) is 2. The summed E-state index contributed by atoms with van der Waals surface area (Å²) < 4.78 is 6.94. The standard InChI is InChI=1S/C23H19N9O2/c1-15-5-6-19(32-14-26-30-31-32)12-20(15)27-23(33)25-13-16-3-2-4-18(11-16)22-28-21(29-34-22)17-7-9-24-10-8-17/h2-12,14H,13H2,1H3,(H2,25,27,33). The summed E-state index contributed by atoms with van der Waals surface area (Å²) in [5.74, 6) is 0.882. The Morgan fingerprint density at radius 1 is 1.06 bits per heavy atom. The number of hydrogen-bond donors (Lipinski definition) is 2. The molecule has 0 atom stereocenters. The van der Waals surface area contributed by atoms with Crippen molar-refractivity contribution in [1.29, 1.82) is 0 Å². The Morgan fingerprint density at radius 3 is 2.76 bits per heavy atom. The van der Waals surface area contributed by atoms with Gasteiger partial charge in [0.2, 0.25) is 5.82 Å². The summed E-state index contributed by atoms with van der Waals surface area (Å²) in [5, 5.41) is 20.9. The van der Waals surface area contributed by atoms with E-state index in [2.05, 4.69) is 41.3 Å². The average molecular weight is 453 g/mol. The summed E-state index contributed by atoms with van der Waals surface area (Å²) in [6.07, 6.45) is 4.84. The zero-order valence-corrected chi connectivity index (χ0v) is 18.1. The number of amides is 2. The molecule has 34 heavy (non-hydrogen) atoms. The van der Waals surface area contributed by atoms with Crippen LogP contribution in [0, 0.1) is 6.92 Å². The monoisotopic (exact) mass is 453 g/mol. The highest BCUT2D eigenvalue weighted by Crippen LogP contribution is 2.23. The first-order valence-electron chi connectivity index (χ1n) is 10.4. The molecule has 0 bridgehead atoms. The van der Waals surface area contributed by atoms with Crippen LogP contribution in [0.5, 0.6) is 0 Å². The van der Waals surface area contributed by atoms with Crippen molar-refractivity contribution in [2.24, 2.45) is 0 Å². The number of hydrogen-bond acceptors (Lipinski definition) is 8. The number of nitrogens with zero attached hydrogens (tertiary/aromatic N) is 7. The molecule has 2 aromatic carbocycles. The van der Waals surface area contributed by atoms with Gasteiger partial charge in [0.25, 0.3) is 5.89 Å². The summed E-state index contributed by atoms with van der Waals surface area (Å²) in [7, 11) is 0. The molecule has 3 heterocycles. The normalized spacial score (nSPS) is 10.7. The van der Waals surface area contributed by atoms with Crippen molar-refractivity contribution in [3.05, 3.63) is 84.4 Å². The molecule has 0 unspecified atom stereocenters. The fourth-order valence-electron chi connectivity index (χ4n) is 3.29. The van der Waals surface area contributed by atoms with Gasteiger partial charge in [-0.15, -0.1) is 5.10 Å². The van der Waals surface area contributed by atoms with Crippen molar-refractivity contribution in [3.8, 4) is 28.5 Å². The number of pyridine rings is 1. The zero-order valence-electron chi connectivity index (χ0n) is 18.1. The fourth-order valence-corrected chi connectivity index (χ4v) is 3.29. The number of urea groups is 1. The summed E-state index contributed by atoms with van der Waals surface area (Å²) >= 11 is 0. The molecular weight excluding hydrogens is 434 g/mol. The Labute approximate surface area is 193 Å². The van der Waals surface area contributed by atoms with Crippen LogP contribution in [0.25, 0.3) is 28.5 Å². The quantitative estimate of drug-likeness (QED) is 0.399. The third-order valence-corrected chi connectivity index (χ3v) is 5.07. The second-order valence-electron chi connectivity index (χ2n) is 7.42. The van der Waals surface area contributed by atoms with Gasteiger partial charge in [-0.1, -0.05) is 23.4 Å². The van der Waals surface area contributed by atoms with E-state index in [0.717, 1.165) is 27.9 Å². The van der Waals surface area contributed by atoms with Crippen molar-refractivity contribution >= 4 is 11.7 Å². The van der Waals surface area contributed by atoms with E-state index in [9.17, 15) is 4.79 Å². The second kappa shape index (κ2) is 9.28. The number of rotatable bonds is 6. The largest absolute Gasteiger partial charge is 0.334 e. The number of tetrazole rings is 1. The zero-order chi connectivity index (χ0) is 23.3. The summed E-state index contributed by atoms with van der Waals surface area (Å²) in [6, 6.07) is 16.4.